The van der Waals surface area contributed by atoms with Gasteiger partial charge >= 0.3 is 0 Å². The number of methoxy groups -OCH3 is 1. The Morgan fingerprint density at radius 2 is 1.85 bits per heavy atom. The van der Waals surface area contributed by atoms with E-state index in [4.69, 9.17) is 15.5 Å². The van der Waals surface area contributed by atoms with Gasteiger partial charge in [0.2, 0.25) is 11.8 Å². The highest BCUT2D eigenvalue weighted by Gasteiger charge is 2.23. The van der Waals surface area contributed by atoms with Crippen LogP contribution in [-0.4, -0.2) is 27.7 Å². The standard InChI is InChI=1S/C18H14N6O3/c1-27-17-15-16(22-18(19)23-17)20-13-5-3-2-4-12(13)14(21-15)10-6-8-11(9-7-10)24(25)26/h2-9H,1H3,(H3,19,20,22,23). The predicted octanol–water partition coefficient (Wildman–Crippen LogP) is 3.20. The molecule has 2 aromatic carbocycles. The molecule has 0 unspecified atom stereocenters. The van der Waals surface area contributed by atoms with Crippen molar-refractivity contribution in [2.45, 2.75) is 0 Å². The summed E-state index contributed by atoms with van der Waals surface area (Å²) < 4.78 is 5.32. The molecule has 0 radical (unpaired) electrons. The van der Waals surface area contributed by atoms with Gasteiger partial charge in [-0.2, -0.15) is 9.97 Å². The average Bonchev–Trinajstić information content (AvgIpc) is 2.84. The lowest BCUT2D eigenvalue weighted by Gasteiger charge is -2.10. The minimum absolute atomic E-state index is 0.00784. The molecule has 27 heavy (non-hydrogen) atoms. The lowest BCUT2D eigenvalue weighted by Crippen LogP contribution is -2.05. The van der Waals surface area contributed by atoms with E-state index >= 15 is 0 Å². The highest BCUT2D eigenvalue weighted by Crippen LogP contribution is 2.39. The number of hydrogen-bond acceptors (Lipinski definition) is 8. The van der Waals surface area contributed by atoms with Crippen LogP contribution in [0, 0.1) is 10.1 Å². The second-order valence-electron chi connectivity index (χ2n) is 5.72. The van der Waals surface area contributed by atoms with Crippen molar-refractivity contribution in [1.82, 2.24) is 9.97 Å². The summed E-state index contributed by atoms with van der Waals surface area (Å²) in [4.78, 5) is 23.5. The number of nitrogens with one attached hydrogen (secondary N) is 1. The number of fused-ring (bicyclic) bond motifs is 2. The molecular weight excluding hydrogens is 348 g/mol. The minimum atomic E-state index is -0.441. The number of benzene rings is 2. The molecule has 0 fully saturated rings. The normalized spacial score (nSPS) is 12.1. The summed E-state index contributed by atoms with van der Waals surface area (Å²) in [5.74, 6) is 0.713. The van der Waals surface area contributed by atoms with Gasteiger partial charge in [-0.05, 0) is 18.2 Å². The van der Waals surface area contributed by atoms with E-state index in [2.05, 4.69) is 15.3 Å². The fourth-order valence-corrected chi connectivity index (χ4v) is 2.84. The highest BCUT2D eigenvalue weighted by molar-refractivity contribution is 6.18. The van der Waals surface area contributed by atoms with E-state index in [0.29, 0.717) is 22.8 Å². The first kappa shape index (κ1) is 16.5. The summed E-state index contributed by atoms with van der Waals surface area (Å²) in [6.07, 6.45) is 0. The SMILES string of the molecule is COc1nc(N)nc2c1N=C(c1ccc([N+](=O)[O-])cc1)c1ccccc1N2. The summed E-state index contributed by atoms with van der Waals surface area (Å²) in [5.41, 5.74) is 9.07. The molecule has 1 aliphatic rings. The third-order valence-corrected chi connectivity index (χ3v) is 4.07. The van der Waals surface area contributed by atoms with Crippen LogP contribution in [0.25, 0.3) is 0 Å². The smallest absolute Gasteiger partial charge is 0.269 e. The summed E-state index contributed by atoms with van der Waals surface area (Å²) >= 11 is 0. The van der Waals surface area contributed by atoms with Gasteiger partial charge in [-0.15, -0.1) is 0 Å². The lowest BCUT2D eigenvalue weighted by atomic mass is 10.0. The van der Waals surface area contributed by atoms with Crippen LogP contribution in [0.5, 0.6) is 5.88 Å². The molecule has 134 valence electrons. The van der Waals surface area contributed by atoms with Crippen molar-refractivity contribution in [2.75, 3.05) is 18.2 Å². The minimum Gasteiger partial charge on any atom is -0.479 e. The first-order valence-corrected chi connectivity index (χ1v) is 7.98. The molecular formula is C18H14N6O3. The zero-order chi connectivity index (χ0) is 19.0. The van der Waals surface area contributed by atoms with Crippen LogP contribution < -0.4 is 15.8 Å². The zero-order valence-corrected chi connectivity index (χ0v) is 14.2. The predicted molar refractivity (Wildman–Crippen MR) is 101 cm³/mol. The van der Waals surface area contributed by atoms with Crippen LogP contribution in [0.1, 0.15) is 11.1 Å². The topological polar surface area (TPSA) is 129 Å². The number of non-ortho nitro benzene ring substituents is 1. The number of hydrogen-bond donors (Lipinski definition) is 2. The number of rotatable bonds is 3. The van der Waals surface area contributed by atoms with E-state index in [1.165, 1.54) is 19.2 Å². The number of nitro benzene ring substituents is 1. The molecule has 0 aliphatic carbocycles. The maximum absolute atomic E-state index is 10.9. The van der Waals surface area contributed by atoms with E-state index in [1.54, 1.807) is 12.1 Å². The fraction of sp³-hybridized carbons (Fsp3) is 0.0556. The molecule has 9 nitrogen and oxygen atoms in total. The van der Waals surface area contributed by atoms with Crippen molar-refractivity contribution in [3.63, 3.8) is 0 Å². The number of nitrogens with zero attached hydrogens (tertiary/aromatic N) is 4. The fourth-order valence-electron chi connectivity index (χ4n) is 2.84. The van der Waals surface area contributed by atoms with Gasteiger partial charge in [0.1, 0.15) is 0 Å². The average molecular weight is 362 g/mol. The Labute approximate surface area is 153 Å². The van der Waals surface area contributed by atoms with Gasteiger partial charge < -0.3 is 15.8 Å². The molecule has 0 atom stereocenters. The van der Waals surface area contributed by atoms with E-state index in [-0.39, 0.29) is 17.5 Å². The maximum Gasteiger partial charge on any atom is 0.269 e. The molecule has 2 heterocycles. The van der Waals surface area contributed by atoms with Crippen LogP contribution in [0.4, 0.5) is 28.8 Å². The second-order valence-corrected chi connectivity index (χ2v) is 5.72. The van der Waals surface area contributed by atoms with Crippen LogP contribution >= 0.6 is 0 Å². The van der Waals surface area contributed by atoms with E-state index in [1.807, 2.05) is 24.3 Å². The summed E-state index contributed by atoms with van der Waals surface area (Å²) in [6.45, 7) is 0. The summed E-state index contributed by atoms with van der Waals surface area (Å²) in [6, 6.07) is 13.7. The highest BCUT2D eigenvalue weighted by atomic mass is 16.6. The van der Waals surface area contributed by atoms with Gasteiger partial charge in [-0.3, -0.25) is 10.1 Å². The number of anilines is 3. The van der Waals surface area contributed by atoms with Crippen molar-refractivity contribution in [3.05, 3.63) is 69.8 Å². The van der Waals surface area contributed by atoms with E-state index in [9.17, 15) is 10.1 Å². The molecule has 0 amide bonds. The molecule has 1 aromatic heterocycles. The second kappa shape index (κ2) is 6.37. The largest absolute Gasteiger partial charge is 0.479 e. The molecule has 0 saturated heterocycles. The lowest BCUT2D eigenvalue weighted by molar-refractivity contribution is -0.384. The molecule has 0 spiro atoms. The number of para-hydroxylation sites is 1. The first-order chi connectivity index (χ1) is 13.1. The Morgan fingerprint density at radius 1 is 1.11 bits per heavy atom. The third kappa shape index (κ3) is 2.91. The molecule has 9 heteroatoms. The van der Waals surface area contributed by atoms with Gasteiger partial charge in [0.15, 0.2) is 11.5 Å². The van der Waals surface area contributed by atoms with Gasteiger partial charge in [0, 0.05) is 28.9 Å². The van der Waals surface area contributed by atoms with Crippen molar-refractivity contribution >= 4 is 34.5 Å². The van der Waals surface area contributed by atoms with Crippen LogP contribution in [0.2, 0.25) is 0 Å². The van der Waals surface area contributed by atoms with Crippen molar-refractivity contribution in [1.29, 1.82) is 0 Å². The molecule has 0 bridgehead atoms. The number of aromatic nitrogens is 2. The molecule has 3 N–H and O–H groups in total. The Kier molecular flexibility index (Phi) is 3.88. The number of nitro groups is 1. The third-order valence-electron chi connectivity index (χ3n) is 4.07. The van der Waals surface area contributed by atoms with Crippen molar-refractivity contribution in [3.8, 4) is 5.88 Å². The summed E-state index contributed by atoms with van der Waals surface area (Å²) in [7, 11) is 1.47. The molecule has 1 aliphatic heterocycles. The number of aliphatic imine (C=N–C) groups is 1. The van der Waals surface area contributed by atoms with Crippen molar-refractivity contribution in [2.24, 2.45) is 4.99 Å². The Bertz CT molecular complexity index is 1080. The Hall–Kier alpha value is -4.01. The number of ether oxygens (including phenoxy) is 1. The van der Waals surface area contributed by atoms with E-state index in [0.717, 1.165) is 11.3 Å². The summed E-state index contributed by atoms with van der Waals surface area (Å²) in [5, 5.41) is 14.2. The van der Waals surface area contributed by atoms with E-state index < -0.39 is 4.92 Å². The van der Waals surface area contributed by atoms with Crippen molar-refractivity contribution < 1.29 is 9.66 Å². The van der Waals surface area contributed by atoms with Crippen LogP contribution in [0.3, 0.4) is 0 Å². The first-order valence-electron chi connectivity index (χ1n) is 7.98. The quantitative estimate of drug-likeness (QED) is 0.423. The number of nitrogen functional groups attached to an aromatic ring is 1. The Morgan fingerprint density at radius 3 is 2.56 bits per heavy atom. The van der Waals surface area contributed by atoms with Crippen LogP contribution in [-0.2, 0) is 0 Å². The number of nitrogens with two attached hydrogens (primary N) is 1. The van der Waals surface area contributed by atoms with Gasteiger partial charge in [0.05, 0.1) is 17.7 Å². The van der Waals surface area contributed by atoms with Gasteiger partial charge in [-0.1, -0.05) is 18.2 Å². The maximum atomic E-state index is 10.9. The molecule has 4 rings (SSSR count). The Balaban J connectivity index is 1.96. The zero-order valence-electron chi connectivity index (χ0n) is 14.2. The monoisotopic (exact) mass is 362 g/mol. The van der Waals surface area contributed by atoms with Crippen LogP contribution in [0.15, 0.2) is 53.5 Å². The molecule has 3 aromatic rings. The van der Waals surface area contributed by atoms with Gasteiger partial charge in [-0.25, -0.2) is 4.99 Å². The van der Waals surface area contributed by atoms with Gasteiger partial charge in [0.25, 0.3) is 5.69 Å². The molecule has 0 saturated carbocycles.